The topological polar surface area (TPSA) is 54.2 Å². The van der Waals surface area contributed by atoms with Gasteiger partial charge in [0.1, 0.15) is 5.82 Å². The Hall–Kier alpha value is -2.63. The first-order chi connectivity index (χ1) is 14.3. The number of halogens is 5. The lowest BCUT2D eigenvalue weighted by Gasteiger charge is -2.16. The summed E-state index contributed by atoms with van der Waals surface area (Å²) in [6.45, 7) is 0.980. The first-order valence-corrected chi connectivity index (χ1v) is 9.19. The van der Waals surface area contributed by atoms with Gasteiger partial charge in [0.25, 0.3) is 0 Å². The van der Waals surface area contributed by atoms with Gasteiger partial charge in [-0.3, -0.25) is 4.99 Å². The van der Waals surface area contributed by atoms with E-state index in [4.69, 9.17) is 0 Å². The van der Waals surface area contributed by atoms with Crippen molar-refractivity contribution in [2.75, 3.05) is 7.05 Å². The molecule has 31 heavy (non-hydrogen) atoms. The minimum Gasteiger partial charge on any atom is -0.352 e. The smallest absolute Gasteiger partial charge is 0.352 e. The van der Waals surface area contributed by atoms with Crippen LogP contribution in [-0.2, 0) is 25.8 Å². The van der Waals surface area contributed by atoms with Crippen LogP contribution < -0.4 is 10.6 Å². The molecule has 2 aromatic carbocycles. The van der Waals surface area contributed by atoms with Gasteiger partial charge in [-0.15, -0.1) is 24.0 Å². The van der Waals surface area contributed by atoms with E-state index in [1.165, 1.54) is 7.05 Å². The summed E-state index contributed by atoms with van der Waals surface area (Å²) in [6, 6.07) is 10.5. The van der Waals surface area contributed by atoms with Crippen molar-refractivity contribution in [1.82, 2.24) is 20.2 Å². The summed E-state index contributed by atoms with van der Waals surface area (Å²) in [5.41, 5.74) is 1.02. The fourth-order valence-electron chi connectivity index (χ4n) is 2.98. The van der Waals surface area contributed by atoms with Crippen LogP contribution in [0.1, 0.15) is 22.3 Å². The summed E-state index contributed by atoms with van der Waals surface area (Å²) >= 11 is 0. The fraction of sp³-hybridized carbons (Fsp3) is 0.238. The molecular formula is C21H22F4IN5. The summed E-state index contributed by atoms with van der Waals surface area (Å²) in [5.74, 6) is -0.586. The maximum Gasteiger partial charge on any atom is 0.416 e. The molecule has 3 rings (SSSR count). The van der Waals surface area contributed by atoms with Crippen molar-refractivity contribution < 1.29 is 17.6 Å². The molecule has 0 aliphatic carbocycles. The van der Waals surface area contributed by atoms with Gasteiger partial charge in [-0.2, -0.15) is 13.2 Å². The molecule has 0 aliphatic rings. The normalized spacial score (nSPS) is 11.7. The van der Waals surface area contributed by atoms with Gasteiger partial charge in [0.05, 0.1) is 11.9 Å². The van der Waals surface area contributed by atoms with Crippen LogP contribution in [0.2, 0.25) is 0 Å². The molecule has 10 heteroatoms. The highest BCUT2D eigenvalue weighted by Gasteiger charge is 2.33. The molecule has 0 saturated carbocycles. The number of guanidine groups is 1. The van der Waals surface area contributed by atoms with Gasteiger partial charge in [0, 0.05) is 39.1 Å². The van der Waals surface area contributed by atoms with Crippen molar-refractivity contribution in [1.29, 1.82) is 0 Å². The number of rotatable bonds is 6. The van der Waals surface area contributed by atoms with Crippen molar-refractivity contribution in [3.63, 3.8) is 0 Å². The van der Waals surface area contributed by atoms with Crippen molar-refractivity contribution in [3.05, 3.63) is 89.3 Å². The molecule has 0 saturated heterocycles. The Morgan fingerprint density at radius 2 is 1.81 bits per heavy atom. The second-order valence-electron chi connectivity index (χ2n) is 6.63. The van der Waals surface area contributed by atoms with E-state index in [0.717, 1.165) is 23.3 Å². The average molecular weight is 547 g/mol. The van der Waals surface area contributed by atoms with Gasteiger partial charge < -0.3 is 15.2 Å². The molecule has 0 unspecified atom stereocenters. The zero-order valence-electron chi connectivity index (χ0n) is 16.7. The fourth-order valence-corrected chi connectivity index (χ4v) is 2.98. The highest BCUT2D eigenvalue weighted by molar-refractivity contribution is 14.0. The van der Waals surface area contributed by atoms with E-state index in [9.17, 15) is 17.6 Å². The van der Waals surface area contributed by atoms with E-state index in [2.05, 4.69) is 20.6 Å². The highest BCUT2D eigenvalue weighted by Crippen LogP contribution is 2.32. The standard InChI is InChI=1S/C21H21F4N5.HI/c1-26-20(29-12-17-5-6-18(22)10-19(17)21(23,24)25)28-11-15-3-2-4-16(9-15)13-30-8-7-27-14-30;/h2-10,14H,11-13H2,1H3,(H2,26,28,29);1H. The van der Waals surface area contributed by atoms with Gasteiger partial charge in [0.2, 0.25) is 0 Å². The van der Waals surface area contributed by atoms with Gasteiger partial charge in [-0.25, -0.2) is 9.37 Å². The minimum atomic E-state index is -4.63. The zero-order chi connectivity index (χ0) is 21.6. The van der Waals surface area contributed by atoms with E-state index in [0.29, 0.717) is 25.1 Å². The maximum absolute atomic E-state index is 13.2. The molecule has 0 amide bonds. The first-order valence-electron chi connectivity index (χ1n) is 9.19. The average Bonchev–Trinajstić information content (AvgIpc) is 3.21. The Balaban J connectivity index is 0.00000341. The SMILES string of the molecule is CN=C(NCc1cccc(Cn2ccnc2)c1)NCc1ccc(F)cc1C(F)(F)F.I. The lowest BCUT2D eigenvalue weighted by molar-refractivity contribution is -0.138. The van der Waals surface area contributed by atoms with Gasteiger partial charge >= 0.3 is 6.18 Å². The van der Waals surface area contributed by atoms with Crippen LogP contribution in [0.3, 0.4) is 0 Å². The van der Waals surface area contributed by atoms with Crippen molar-refractivity contribution in [3.8, 4) is 0 Å². The molecule has 0 atom stereocenters. The van der Waals surface area contributed by atoms with Crippen molar-refractivity contribution >= 4 is 29.9 Å². The molecule has 0 spiro atoms. The number of alkyl halides is 3. The second-order valence-corrected chi connectivity index (χ2v) is 6.63. The molecule has 1 aromatic heterocycles. The number of imidazole rings is 1. The molecular weight excluding hydrogens is 525 g/mol. The Kier molecular flexibility index (Phi) is 8.84. The van der Waals surface area contributed by atoms with Crippen LogP contribution in [-0.4, -0.2) is 22.6 Å². The van der Waals surface area contributed by atoms with Gasteiger partial charge in [-0.1, -0.05) is 30.3 Å². The van der Waals surface area contributed by atoms with Crippen LogP contribution in [0.5, 0.6) is 0 Å². The number of hydrogen-bond acceptors (Lipinski definition) is 2. The lowest BCUT2D eigenvalue weighted by Crippen LogP contribution is -2.36. The van der Waals surface area contributed by atoms with Crippen molar-refractivity contribution in [2.45, 2.75) is 25.8 Å². The molecule has 5 nitrogen and oxygen atoms in total. The number of aliphatic imine (C=N–C) groups is 1. The molecule has 0 aliphatic heterocycles. The predicted octanol–water partition coefficient (Wildman–Crippen LogP) is 4.57. The predicted molar refractivity (Wildman–Crippen MR) is 122 cm³/mol. The van der Waals surface area contributed by atoms with Crippen LogP contribution in [0.4, 0.5) is 17.6 Å². The molecule has 2 N–H and O–H groups in total. The minimum absolute atomic E-state index is 0. The Bertz CT molecular complexity index is 1000. The first kappa shape index (κ1) is 24.6. The van der Waals surface area contributed by atoms with Gasteiger partial charge in [0.15, 0.2) is 5.96 Å². The third-order valence-electron chi connectivity index (χ3n) is 4.42. The number of nitrogens with zero attached hydrogens (tertiary/aromatic N) is 3. The quantitative estimate of drug-likeness (QED) is 0.206. The van der Waals surface area contributed by atoms with Crippen LogP contribution in [0, 0.1) is 5.82 Å². The highest BCUT2D eigenvalue weighted by atomic mass is 127. The van der Waals surface area contributed by atoms with E-state index in [1.54, 1.807) is 12.5 Å². The summed E-state index contributed by atoms with van der Waals surface area (Å²) < 4.78 is 54.6. The van der Waals surface area contributed by atoms with E-state index >= 15 is 0 Å². The molecule has 166 valence electrons. The Morgan fingerprint density at radius 1 is 1.06 bits per heavy atom. The summed E-state index contributed by atoms with van der Waals surface area (Å²) in [4.78, 5) is 8.06. The number of nitrogens with one attached hydrogen (secondary N) is 2. The number of aromatic nitrogens is 2. The molecule has 0 bridgehead atoms. The number of hydrogen-bond donors (Lipinski definition) is 2. The Morgan fingerprint density at radius 3 is 2.48 bits per heavy atom. The molecule has 3 aromatic rings. The van der Waals surface area contributed by atoms with Gasteiger partial charge in [-0.05, 0) is 28.8 Å². The zero-order valence-corrected chi connectivity index (χ0v) is 19.0. The third kappa shape index (κ3) is 7.23. The summed E-state index contributed by atoms with van der Waals surface area (Å²) in [5, 5.41) is 5.92. The molecule has 0 fully saturated rings. The van der Waals surface area contributed by atoms with E-state index in [-0.39, 0.29) is 36.1 Å². The van der Waals surface area contributed by atoms with Crippen molar-refractivity contribution in [2.24, 2.45) is 4.99 Å². The maximum atomic E-state index is 13.2. The lowest BCUT2D eigenvalue weighted by atomic mass is 10.1. The van der Waals surface area contributed by atoms with E-state index < -0.39 is 17.6 Å². The second kappa shape index (κ2) is 11.1. The summed E-state index contributed by atoms with van der Waals surface area (Å²) in [7, 11) is 1.53. The monoisotopic (exact) mass is 547 g/mol. The summed E-state index contributed by atoms with van der Waals surface area (Å²) in [6.07, 6.45) is 0.695. The largest absolute Gasteiger partial charge is 0.416 e. The van der Waals surface area contributed by atoms with Crippen LogP contribution >= 0.6 is 24.0 Å². The Labute approximate surface area is 194 Å². The number of benzene rings is 2. The van der Waals surface area contributed by atoms with E-state index in [1.807, 2.05) is 35.0 Å². The third-order valence-corrected chi connectivity index (χ3v) is 4.42. The molecule has 1 heterocycles. The van der Waals surface area contributed by atoms with Crippen LogP contribution in [0.25, 0.3) is 0 Å². The molecule has 0 radical (unpaired) electrons. The van der Waals surface area contributed by atoms with Crippen LogP contribution in [0.15, 0.2) is 66.2 Å².